The second-order valence-corrected chi connectivity index (χ2v) is 5.62. The molecule has 1 aliphatic heterocycles. The summed E-state index contributed by atoms with van der Waals surface area (Å²) in [6.45, 7) is 7.09. The van der Waals surface area contributed by atoms with E-state index in [1.54, 1.807) is 0 Å². The first-order valence-electron chi connectivity index (χ1n) is 6.50. The topological polar surface area (TPSA) is 40.5 Å². The van der Waals surface area contributed by atoms with E-state index in [1.807, 2.05) is 26.0 Å². The Morgan fingerprint density at radius 1 is 1.39 bits per heavy atom. The van der Waals surface area contributed by atoms with Crippen LogP contribution in [-0.4, -0.2) is 23.2 Å². The Hall–Kier alpha value is -1.51. The number of carboxylic acids is 1. The molecule has 0 spiro atoms. The van der Waals surface area contributed by atoms with Crippen molar-refractivity contribution in [2.75, 3.05) is 11.4 Å². The second kappa shape index (κ2) is 4.63. The first-order chi connectivity index (χ1) is 8.44. The summed E-state index contributed by atoms with van der Waals surface area (Å²) in [5.74, 6) is -0.982. The molecule has 0 aliphatic carbocycles. The van der Waals surface area contributed by atoms with Crippen molar-refractivity contribution >= 4 is 11.7 Å². The zero-order valence-corrected chi connectivity index (χ0v) is 11.3. The lowest BCUT2D eigenvalue weighted by Crippen LogP contribution is -2.56. The van der Waals surface area contributed by atoms with Crippen molar-refractivity contribution in [1.82, 2.24) is 0 Å². The minimum absolute atomic E-state index is 0.300. The minimum atomic E-state index is -0.682. The van der Waals surface area contributed by atoms with Gasteiger partial charge in [-0.1, -0.05) is 18.2 Å². The molecule has 0 bridgehead atoms. The van der Waals surface area contributed by atoms with Gasteiger partial charge in [-0.05, 0) is 45.2 Å². The highest BCUT2D eigenvalue weighted by Gasteiger charge is 2.43. The number of anilines is 1. The molecule has 0 amide bonds. The Balaban J connectivity index is 2.39. The fraction of sp³-hybridized carbons (Fsp3) is 0.533. The van der Waals surface area contributed by atoms with E-state index in [1.165, 1.54) is 5.56 Å². The average Bonchev–Trinajstić information content (AvgIpc) is 2.29. The average molecular weight is 247 g/mol. The van der Waals surface area contributed by atoms with Crippen LogP contribution in [0.3, 0.4) is 0 Å². The zero-order valence-electron chi connectivity index (χ0n) is 11.3. The van der Waals surface area contributed by atoms with Crippen molar-refractivity contribution in [2.24, 2.45) is 5.92 Å². The van der Waals surface area contributed by atoms with Gasteiger partial charge < -0.3 is 10.0 Å². The third kappa shape index (κ3) is 2.09. The monoisotopic (exact) mass is 247 g/mol. The molecule has 2 rings (SSSR count). The van der Waals surface area contributed by atoms with Crippen LogP contribution >= 0.6 is 0 Å². The number of nitrogens with zero attached hydrogens (tertiary/aromatic N) is 1. The Bertz CT molecular complexity index is 454. The lowest BCUT2D eigenvalue weighted by molar-refractivity contribution is -0.144. The van der Waals surface area contributed by atoms with Gasteiger partial charge in [0.25, 0.3) is 0 Å². The summed E-state index contributed by atoms with van der Waals surface area (Å²) in [7, 11) is 0. The number of carboxylic acid groups (broad SMARTS) is 1. The quantitative estimate of drug-likeness (QED) is 0.873. The number of hydrogen-bond donors (Lipinski definition) is 1. The van der Waals surface area contributed by atoms with Gasteiger partial charge in [-0.15, -0.1) is 0 Å². The van der Waals surface area contributed by atoms with Crippen LogP contribution in [0.2, 0.25) is 0 Å². The summed E-state index contributed by atoms with van der Waals surface area (Å²) in [6, 6.07) is 8.20. The van der Waals surface area contributed by atoms with E-state index in [2.05, 4.69) is 24.0 Å². The van der Waals surface area contributed by atoms with Crippen molar-refractivity contribution in [3.63, 3.8) is 0 Å². The van der Waals surface area contributed by atoms with Crippen LogP contribution in [0.1, 0.15) is 32.3 Å². The molecule has 1 aromatic carbocycles. The Labute approximate surface area is 108 Å². The van der Waals surface area contributed by atoms with E-state index >= 15 is 0 Å². The van der Waals surface area contributed by atoms with Gasteiger partial charge in [0.05, 0.1) is 5.92 Å². The van der Waals surface area contributed by atoms with Gasteiger partial charge in [0.15, 0.2) is 0 Å². The number of benzene rings is 1. The maximum Gasteiger partial charge on any atom is 0.308 e. The van der Waals surface area contributed by atoms with Crippen LogP contribution in [-0.2, 0) is 4.79 Å². The standard InChI is InChI=1S/C15H21NO2/c1-11-7-4-5-9-13(11)16-10-6-8-12(14(17)18)15(16,2)3/h4-5,7,9,12H,6,8,10H2,1-3H3,(H,17,18). The maximum absolute atomic E-state index is 11.4. The van der Waals surface area contributed by atoms with E-state index < -0.39 is 5.97 Å². The van der Waals surface area contributed by atoms with Crippen molar-refractivity contribution in [2.45, 2.75) is 39.2 Å². The van der Waals surface area contributed by atoms with Crippen molar-refractivity contribution in [3.8, 4) is 0 Å². The summed E-state index contributed by atoms with van der Waals surface area (Å²) in [5.41, 5.74) is 2.03. The Kier molecular flexibility index (Phi) is 3.33. The summed E-state index contributed by atoms with van der Waals surface area (Å²) in [6.07, 6.45) is 1.71. The lowest BCUT2D eigenvalue weighted by Gasteiger charge is -2.48. The van der Waals surface area contributed by atoms with Crippen LogP contribution in [0.15, 0.2) is 24.3 Å². The number of para-hydroxylation sites is 1. The van der Waals surface area contributed by atoms with Crippen molar-refractivity contribution in [3.05, 3.63) is 29.8 Å². The minimum Gasteiger partial charge on any atom is -0.481 e. The first-order valence-corrected chi connectivity index (χ1v) is 6.50. The van der Waals surface area contributed by atoms with E-state index in [9.17, 15) is 9.90 Å². The number of piperidine rings is 1. The van der Waals surface area contributed by atoms with E-state index in [0.717, 1.165) is 25.1 Å². The zero-order chi connectivity index (χ0) is 13.3. The summed E-state index contributed by atoms with van der Waals surface area (Å²) >= 11 is 0. The van der Waals surface area contributed by atoms with Gasteiger partial charge in [-0.25, -0.2) is 0 Å². The molecule has 1 fully saturated rings. The van der Waals surface area contributed by atoms with Crippen LogP contribution in [0.4, 0.5) is 5.69 Å². The number of rotatable bonds is 2. The summed E-state index contributed by atoms with van der Waals surface area (Å²) < 4.78 is 0. The highest BCUT2D eigenvalue weighted by molar-refractivity contribution is 5.73. The fourth-order valence-electron chi connectivity index (χ4n) is 3.01. The predicted octanol–water partition coefficient (Wildman–Crippen LogP) is 3.07. The molecule has 0 radical (unpaired) electrons. The second-order valence-electron chi connectivity index (χ2n) is 5.62. The lowest BCUT2D eigenvalue weighted by atomic mass is 9.78. The predicted molar refractivity (Wildman–Crippen MR) is 73.0 cm³/mol. The highest BCUT2D eigenvalue weighted by Crippen LogP contribution is 2.38. The van der Waals surface area contributed by atoms with Gasteiger partial charge in [0.1, 0.15) is 0 Å². The molecule has 1 atom stereocenters. The van der Waals surface area contributed by atoms with E-state index in [4.69, 9.17) is 0 Å². The Morgan fingerprint density at radius 3 is 2.67 bits per heavy atom. The molecule has 18 heavy (non-hydrogen) atoms. The molecule has 1 aliphatic rings. The van der Waals surface area contributed by atoms with E-state index in [0.29, 0.717) is 0 Å². The van der Waals surface area contributed by atoms with Gasteiger partial charge in [0, 0.05) is 17.8 Å². The van der Waals surface area contributed by atoms with Gasteiger partial charge in [-0.3, -0.25) is 4.79 Å². The smallest absolute Gasteiger partial charge is 0.308 e. The van der Waals surface area contributed by atoms with Gasteiger partial charge in [0.2, 0.25) is 0 Å². The molecule has 1 unspecified atom stereocenters. The van der Waals surface area contributed by atoms with Crippen molar-refractivity contribution in [1.29, 1.82) is 0 Å². The number of carbonyl (C=O) groups is 1. The van der Waals surface area contributed by atoms with Crippen molar-refractivity contribution < 1.29 is 9.90 Å². The maximum atomic E-state index is 11.4. The Morgan fingerprint density at radius 2 is 2.06 bits per heavy atom. The van der Waals surface area contributed by atoms with Gasteiger partial charge in [-0.2, -0.15) is 0 Å². The molecule has 1 aromatic rings. The summed E-state index contributed by atoms with van der Waals surface area (Å²) in [5, 5.41) is 9.38. The third-order valence-electron chi connectivity index (χ3n) is 4.13. The summed E-state index contributed by atoms with van der Waals surface area (Å²) in [4.78, 5) is 13.7. The SMILES string of the molecule is Cc1ccccc1N1CCCC(C(=O)O)C1(C)C. The van der Waals surface area contributed by atoms with Crippen LogP contribution < -0.4 is 4.90 Å². The fourth-order valence-corrected chi connectivity index (χ4v) is 3.01. The van der Waals surface area contributed by atoms with Gasteiger partial charge >= 0.3 is 5.97 Å². The molecule has 1 heterocycles. The molecular formula is C15H21NO2. The highest BCUT2D eigenvalue weighted by atomic mass is 16.4. The molecule has 0 aromatic heterocycles. The van der Waals surface area contributed by atoms with Crippen LogP contribution in [0.25, 0.3) is 0 Å². The first kappa shape index (κ1) is 12.9. The van der Waals surface area contributed by atoms with E-state index in [-0.39, 0.29) is 11.5 Å². The molecule has 1 N–H and O–H groups in total. The molecule has 1 saturated heterocycles. The van der Waals surface area contributed by atoms with Crippen LogP contribution in [0, 0.1) is 12.8 Å². The molecule has 3 heteroatoms. The number of hydrogen-bond acceptors (Lipinski definition) is 2. The molecule has 3 nitrogen and oxygen atoms in total. The number of aryl methyl sites for hydroxylation is 1. The normalized spacial score (nSPS) is 22.8. The number of aliphatic carboxylic acids is 1. The van der Waals surface area contributed by atoms with Crippen LogP contribution in [0.5, 0.6) is 0 Å². The molecular weight excluding hydrogens is 226 g/mol. The largest absolute Gasteiger partial charge is 0.481 e. The third-order valence-corrected chi connectivity index (χ3v) is 4.13. The molecule has 0 saturated carbocycles. The molecule has 98 valence electrons.